The van der Waals surface area contributed by atoms with Gasteiger partial charge in [0.2, 0.25) is 10.0 Å². The van der Waals surface area contributed by atoms with Gasteiger partial charge in [0, 0.05) is 36.8 Å². The Bertz CT molecular complexity index is 1070. The fraction of sp³-hybridized carbons (Fsp3) is 0.211. The predicted octanol–water partition coefficient (Wildman–Crippen LogP) is 2.89. The SMILES string of the molecule is O=S(=O)(c1ccccc1Br)N1CCN(c2ccc(Nc3cccnc3)nn2)CC1. The summed E-state index contributed by atoms with van der Waals surface area (Å²) >= 11 is 3.33. The Morgan fingerprint density at radius 1 is 0.931 bits per heavy atom. The van der Waals surface area contributed by atoms with Crippen molar-refractivity contribution in [1.29, 1.82) is 0 Å². The van der Waals surface area contributed by atoms with E-state index in [2.05, 4.69) is 36.4 Å². The van der Waals surface area contributed by atoms with Gasteiger partial charge in [0.15, 0.2) is 11.6 Å². The van der Waals surface area contributed by atoms with Crippen LogP contribution in [0.25, 0.3) is 0 Å². The number of benzene rings is 1. The van der Waals surface area contributed by atoms with Crippen LogP contribution in [0.15, 0.2) is 70.3 Å². The number of anilines is 3. The third-order valence-corrected chi connectivity index (χ3v) is 7.51. The largest absolute Gasteiger partial charge is 0.352 e. The first-order valence-corrected chi connectivity index (χ1v) is 11.3. The lowest BCUT2D eigenvalue weighted by Crippen LogP contribution is -2.49. The van der Waals surface area contributed by atoms with E-state index in [1.54, 1.807) is 36.7 Å². The Kier molecular flexibility index (Phi) is 5.74. The molecule has 4 rings (SSSR count). The van der Waals surface area contributed by atoms with Crippen molar-refractivity contribution in [3.05, 3.63) is 65.4 Å². The molecule has 0 spiro atoms. The topological polar surface area (TPSA) is 91.3 Å². The molecule has 0 atom stereocenters. The van der Waals surface area contributed by atoms with Crippen LogP contribution in [0.1, 0.15) is 0 Å². The van der Waals surface area contributed by atoms with Gasteiger partial charge in [0.05, 0.1) is 16.8 Å². The molecule has 29 heavy (non-hydrogen) atoms. The van der Waals surface area contributed by atoms with Gasteiger partial charge in [-0.3, -0.25) is 4.98 Å². The summed E-state index contributed by atoms with van der Waals surface area (Å²) in [6, 6.07) is 14.3. The number of hydrogen-bond donors (Lipinski definition) is 1. The molecule has 3 heterocycles. The van der Waals surface area contributed by atoms with Crippen molar-refractivity contribution < 1.29 is 8.42 Å². The van der Waals surface area contributed by atoms with Gasteiger partial charge < -0.3 is 10.2 Å². The number of piperazine rings is 1. The molecule has 0 unspecified atom stereocenters. The molecule has 1 aliphatic heterocycles. The van der Waals surface area contributed by atoms with E-state index in [0.29, 0.717) is 41.4 Å². The number of pyridine rings is 1. The summed E-state index contributed by atoms with van der Waals surface area (Å²) in [5, 5.41) is 11.6. The van der Waals surface area contributed by atoms with Crippen LogP contribution in [-0.2, 0) is 10.0 Å². The summed E-state index contributed by atoms with van der Waals surface area (Å²) in [6.45, 7) is 1.88. The van der Waals surface area contributed by atoms with Crippen LogP contribution >= 0.6 is 15.9 Å². The maximum absolute atomic E-state index is 12.9. The molecule has 0 amide bonds. The van der Waals surface area contributed by atoms with Gasteiger partial charge in [-0.25, -0.2) is 8.42 Å². The monoisotopic (exact) mass is 474 g/mol. The molecule has 1 saturated heterocycles. The summed E-state index contributed by atoms with van der Waals surface area (Å²) in [7, 11) is -3.53. The third kappa shape index (κ3) is 4.39. The lowest BCUT2D eigenvalue weighted by atomic mass is 10.3. The molecule has 0 aliphatic carbocycles. The van der Waals surface area contributed by atoms with Crippen LogP contribution in [0.2, 0.25) is 0 Å². The van der Waals surface area contributed by atoms with Crippen LogP contribution in [0.3, 0.4) is 0 Å². The Labute approximate surface area is 177 Å². The summed E-state index contributed by atoms with van der Waals surface area (Å²) < 4.78 is 27.9. The number of rotatable bonds is 5. The zero-order chi connectivity index (χ0) is 20.3. The maximum atomic E-state index is 12.9. The van der Waals surface area contributed by atoms with Crippen molar-refractivity contribution in [2.24, 2.45) is 0 Å². The average Bonchev–Trinajstić information content (AvgIpc) is 2.75. The molecule has 3 aromatic rings. The summed E-state index contributed by atoms with van der Waals surface area (Å²) in [5.41, 5.74) is 0.834. The number of sulfonamides is 1. The van der Waals surface area contributed by atoms with E-state index in [-0.39, 0.29) is 0 Å². The molecule has 1 aliphatic rings. The Hall–Kier alpha value is -2.56. The molecule has 1 fully saturated rings. The lowest BCUT2D eigenvalue weighted by Gasteiger charge is -2.34. The van der Waals surface area contributed by atoms with Gasteiger partial charge in [-0.2, -0.15) is 4.31 Å². The second-order valence-electron chi connectivity index (χ2n) is 6.47. The average molecular weight is 475 g/mol. The van der Waals surface area contributed by atoms with Crippen LogP contribution in [0.5, 0.6) is 0 Å². The van der Waals surface area contributed by atoms with Gasteiger partial charge in [0.25, 0.3) is 0 Å². The van der Waals surface area contributed by atoms with Gasteiger partial charge >= 0.3 is 0 Å². The molecule has 0 radical (unpaired) electrons. The normalized spacial score (nSPS) is 15.3. The minimum Gasteiger partial charge on any atom is -0.352 e. The van der Waals surface area contributed by atoms with Crippen molar-refractivity contribution in [2.45, 2.75) is 4.90 Å². The molecule has 2 aromatic heterocycles. The predicted molar refractivity (Wildman–Crippen MR) is 115 cm³/mol. The zero-order valence-corrected chi connectivity index (χ0v) is 17.8. The quantitative estimate of drug-likeness (QED) is 0.607. The first-order chi connectivity index (χ1) is 14.0. The highest BCUT2D eigenvalue weighted by Gasteiger charge is 2.30. The van der Waals surface area contributed by atoms with Crippen molar-refractivity contribution in [1.82, 2.24) is 19.5 Å². The van der Waals surface area contributed by atoms with Crippen LogP contribution < -0.4 is 10.2 Å². The molecule has 150 valence electrons. The number of nitrogens with one attached hydrogen (secondary N) is 1. The molecule has 0 bridgehead atoms. The van der Waals surface area contributed by atoms with Crippen molar-refractivity contribution in [3.63, 3.8) is 0 Å². The van der Waals surface area contributed by atoms with Crippen molar-refractivity contribution in [3.8, 4) is 0 Å². The van der Waals surface area contributed by atoms with Crippen LogP contribution in [0, 0.1) is 0 Å². The first-order valence-electron chi connectivity index (χ1n) is 9.04. The van der Waals surface area contributed by atoms with Crippen LogP contribution in [-0.4, -0.2) is 54.1 Å². The first kappa shape index (κ1) is 19.7. The molecule has 1 N–H and O–H groups in total. The minimum absolute atomic E-state index is 0.291. The fourth-order valence-electron chi connectivity index (χ4n) is 3.10. The molecule has 8 nitrogen and oxygen atoms in total. The third-order valence-electron chi connectivity index (χ3n) is 4.60. The van der Waals surface area contributed by atoms with Crippen LogP contribution in [0.4, 0.5) is 17.3 Å². The van der Waals surface area contributed by atoms with E-state index in [1.807, 2.05) is 29.2 Å². The van der Waals surface area contributed by atoms with E-state index in [0.717, 1.165) is 11.5 Å². The molecule has 10 heteroatoms. The Morgan fingerprint density at radius 3 is 2.38 bits per heavy atom. The van der Waals surface area contributed by atoms with E-state index in [4.69, 9.17) is 0 Å². The molecular weight excluding hydrogens is 456 g/mol. The van der Waals surface area contributed by atoms with Crippen molar-refractivity contribution >= 4 is 43.3 Å². The Balaban J connectivity index is 1.40. The van der Waals surface area contributed by atoms with Gasteiger partial charge in [-0.1, -0.05) is 12.1 Å². The maximum Gasteiger partial charge on any atom is 0.244 e. The number of halogens is 1. The summed E-state index contributed by atoms with van der Waals surface area (Å²) in [6.07, 6.45) is 3.41. The zero-order valence-electron chi connectivity index (χ0n) is 15.4. The summed E-state index contributed by atoms with van der Waals surface area (Å²) in [4.78, 5) is 6.38. The standard InChI is InChI=1S/C19H19BrN6O2S/c20-16-5-1-2-6-17(16)29(27,28)26-12-10-25(11-13-26)19-8-7-18(23-24-19)22-15-4-3-9-21-14-15/h1-9,14H,10-13H2,(H,22,23). The van der Waals surface area contributed by atoms with E-state index in [9.17, 15) is 8.42 Å². The van der Waals surface area contributed by atoms with Gasteiger partial charge in [0.1, 0.15) is 0 Å². The number of hydrogen-bond acceptors (Lipinski definition) is 7. The minimum atomic E-state index is -3.53. The highest BCUT2D eigenvalue weighted by molar-refractivity contribution is 9.10. The number of aromatic nitrogens is 3. The Morgan fingerprint density at radius 2 is 1.72 bits per heavy atom. The number of nitrogens with zero attached hydrogens (tertiary/aromatic N) is 5. The molecule has 0 saturated carbocycles. The summed E-state index contributed by atoms with van der Waals surface area (Å²) in [5.74, 6) is 1.34. The van der Waals surface area contributed by atoms with E-state index < -0.39 is 10.0 Å². The lowest BCUT2D eigenvalue weighted by molar-refractivity contribution is 0.383. The van der Waals surface area contributed by atoms with Crippen molar-refractivity contribution in [2.75, 3.05) is 36.4 Å². The van der Waals surface area contributed by atoms with Gasteiger partial charge in [-0.05, 0) is 52.3 Å². The highest BCUT2D eigenvalue weighted by atomic mass is 79.9. The fourth-order valence-corrected chi connectivity index (χ4v) is 5.48. The smallest absolute Gasteiger partial charge is 0.244 e. The molecule has 1 aromatic carbocycles. The van der Waals surface area contributed by atoms with E-state index in [1.165, 1.54) is 4.31 Å². The highest BCUT2D eigenvalue weighted by Crippen LogP contribution is 2.26. The molecular formula is C19H19BrN6O2S. The second kappa shape index (κ2) is 8.44. The van der Waals surface area contributed by atoms with E-state index >= 15 is 0 Å². The second-order valence-corrected chi connectivity index (χ2v) is 9.23. The van der Waals surface area contributed by atoms with Gasteiger partial charge in [-0.15, -0.1) is 10.2 Å².